The first-order chi connectivity index (χ1) is 14.9. The quantitative estimate of drug-likeness (QED) is 0.397. The lowest BCUT2D eigenvalue weighted by Gasteiger charge is -2.33. The SMILES string of the molecule is CCOC(=O)c1c(C)[nH]c(C(=O)C(=O)N2CCN(CCO)CC2)c1-c1ccc(C)cc1. The molecule has 1 aliphatic heterocycles. The molecule has 3 rings (SSSR count). The van der Waals surface area contributed by atoms with Gasteiger partial charge in [-0.2, -0.15) is 0 Å². The molecule has 1 aromatic carbocycles. The van der Waals surface area contributed by atoms with Crippen molar-refractivity contribution in [3.05, 3.63) is 46.8 Å². The number of benzene rings is 1. The molecule has 0 unspecified atom stereocenters. The standard InChI is InChI=1S/C23H29N3O5/c1-4-31-23(30)18-16(3)24-20(19(18)17-7-5-15(2)6-8-17)21(28)22(29)26-11-9-25(10-12-26)13-14-27/h5-8,24,27H,4,9-14H2,1-3H3. The summed E-state index contributed by atoms with van der Waals surface area (Å²) in [6, 6.07) is 7.44. The molecule has 1 saturated heterocycles. The van der Waals surface area contributed by atoms with Gasteiger partial charge in [0.05, 0.1) is 18.8 Å². The topological polar surface area (TPSA) is 103 Å². The first-order valence-electron chi connectivity index (χ1n) is 10.5. The molecule has 1 fully saturated rings. The number of β-amino-alcohol motifs (C(OH)–C–C–N with tert-alkyl or cyclic N) is 1. The van der Waals surface area contributed by atoms with Gasteiger partial charge in [0.1, 0.15) is 5.69 Å². The van der Waals surface area contributed by atoms with Crippen LogP contribution < -0.4 is 0 Å². The highest BCUT2D eigenvalue weighted by atomic mass is 16.5. The molecule has 0 atom stereocenters. The minimum atomic E-state index is -0.676. The third-order valence-electron chi connectivity index (χ3n) is 5.50. The van der Waals surface area contributed by atoms with Crippen LogP contribution in [0.5, 0.6) is 0 Å². The van der Waals surface area contributed by atoms with E-state index in [1.54, 1.807) is 13.8 Å². The van der Waals surface area contributed by atoms with Crippen LogP contribution in [-0.2, 0) is 9.53 Å². The van der Waals surface area contributed by atoms with Crippen LogP contribution in [0.2, 0.25) is 0 Å². The van der Waals surface area contributed by atoms with Gasteiger partial charge in [-0.3, -0.25) is 14.5 Å². The number of nitrogens with one attached hydrogen (secondary N) is 1. The smallest absolute Gasteiger partial charge is 0.340 e. The third-order valence-corrected chi connectivity index (χ3v) is 5.50. The first kappa shape index (κ1) is 22.7. The highest BCUT2D eigenvalue weighted by molar-refractivity contribution is 6.43. The van der Waals surface area contributed by atoms with E-state index in [9.17, 15) is 14.4 Å². The molecule has 0 bridgehead atoms. The van der Waals surface area contributed by atoms with Gasteiger partial charge in [-0.1, -0.05) is 29.8 Å². The summed E-state index contributed by atoms with van der Waals surface area (Å²) in [7, 11) is 0. The van der Waals surface area contributed by atoms with Crippen molar-refractivity contribution in [2.45, 2.75) is 20.8 Å². The van der Waals surface area contributed by atoms with E-state index in [0.29, 0.717) is 49.5 Å². The van der Waals surface area contributed by atoms with Gasteiger partial charge in [0, 0.05) is 44.0 Å². The van der Waals surface area contributed by atoms with Crippen LogP contribution in [0.3, 0.4) is 0 Å². The maximum absolute atomic E-state index is 13.2. The number of aliphatic hydroxyl groups is 1. The van der Waals surface area contributed by atoms with Crippen molar-refractivity contribution in [2.75, 3.05) is 45.9 Å². The number of aliphatic hydroxyl groups excluding tert-OH is 1. The Labute approximate surface area is 181 Å². The van der Waals surface area contributed by atoms with Crippen molar-refractivity contribution in [3.63, 3.8) is 0 Å². The fourth-order valence-electron chi connectivity index (χ4n) is 3.83. The molecule has 0 aliphatic carbocycles. The maximum atomic E-state index is 13.2. The van der Waals surface area contributed by atoms with Crippen molar-refractivity contribution in [1.82, 2.24) is 14.8 Å². The zero-order valence-electron chi connectivity index (χ0n) is 18.2. The molecular formula is C23H29N3O5. The van der Waals surface area contributed by atoms with Gasteiger partial charge in [0.2, 0.25) is 0 Å². The van der Waals surface area contributed by atoms with Gasteiger partial charge < -0.3 is 19.7 Å². The van der Waals surface area contributed by atoms with Crippen LogP contribution in [0.4, 0.5) is 0 Å². The Morgan fingerprint density at radius 1 is 1.06 bits per heavy atom. The zero-order chi connectivity index (χ0) is 22.5. The summed E-state index contributed by atoms with van der Waals surface area (Å²) >= 11 is 0. The van der Waals surface area contributed by atoms with Crippen LogP contribution in [0.15, 0.2) is 24.3 Å². The van der Waals surface area contributed by atoms with E-state index < -0.39 is 17.7 Å². The molecule has 1 aromatic heterocycles. The molecule has 0 spiro atoms. The predicted molar refractivity (Wildman–Crippen MR) is 116 cm³/mol. The second-order valence-corrected chi connectivity index (χ2v) is 7.65. The van der Waals surface area contributed by atoms with Crippen molar-refractivity contribution in [1.29, 1.82) is 0 Å². The summed E-state index contributed by atoms with van der Waals surface area (Å²) in [6.45, 7) is 8.20. The molecular weight excluding hydrogens is 398 g/mol. The van der Waals surface area contributed by atoms with E-state index in [1.807, 2.05) is 36.1 Å². The largest absolute Gasteiger partial charge is 0.462 e. The number of amides is 1. The van der Waals surface area contributed by atoms with Gasteiger partial charge in [-0.05, 0) is 26.3 Å². The van der Waals surface area contributed by atoms with Crippen molar-refractivity contribution in [2.24, 2.45) is 0 Å². The number of ketones is 1. The van der Waals surface area contributed by atoms with E-state index in [0.717, 1.165) is 5.56 Å². The second kappa shape index (κ2) is 9.89. The lowest BCUT2D eigenvalue weighted by molar-refractivity contribution is -0.128. The van der Waals surface area contributed by atoms with E-state index in [-0.39, 0.29) is 24.5 Å². The number of H-pyrrole nitrogens is 1. The Hall–Kier alpha value is -2.97. The molecule has 2 N–H and O–H groups in total. The number of ether oxygens (including phenoxy) is 1. The monoisotopic (exact) mass is 427 g/mol. The van der Waals surface area contributed by atoms with Crippen LogP contribution in [0.25, 0.3) is 11.1 Å². The number of rotatable bonds is 7. The predicted octanol–water partition coefficient (Wildman–Crippen LogP) is 1.79. The summed E-state index contributed by atoms with van der Waals surface area (Å²) in [4.78, 5) is 45.4. The number of aryl methyl sites for hydroxylation is 2. The molecule has 0 saturated carbocycles. The number of aromatic nitrogens is 1. The Bertz CT molecular complexity index is 956. The summed E-state index contributed by atoms with van der Waals surface area (Å²) in [5, 5.41) is 9.08. The van der Waals surface area contributed by atoms with Crippen LogP contribution in [0, 0.1) is 13.8 Å². The number of Topliss-reactive ketones (excluding diaryl/α,β-unsaturated/α-hetero) is 1. The molecule has 2 aromatic rings. The molecule has 31 heavy (non-hydrogen) atoms. The number of hydrogen-bond acceptors (Lipinski definition) is 6. The highest BCUT2D eigenvalue weighted by Gasteiger charge is 2.33. The number of piperazine rings is 1. The molecule has 1 aliphatic rings. The number of hydrogen-bond donors (Lipinski definition) is 2. The summed E-state index contributed by atoms with van der Waals surface area (Å²) in [5.41, 5.74) is 2.97. The molecule has 8 nitrogen and oxygen atoms in total. The van der Waals surface area contributed by atoms with Crippen LogP contribution in [-0.4, -0.2) is 83.5 Å². The Morgan fingerprint density at radius 3 is 2.29 bits per heavy atom. The number of aromatic amines is 1. The highest BCUT2D eigenvalue weighted by Crippen LogP contribution is 2.32. The van der Waals surface area contributed by atoms with Gasteiger partial charge in [-0.15, -0.1) is 0 Å². The lowest BCUT2D eigenvalue weighted by atomic mass is 9.97. The molecule has 8 heteroatoms. The average molecular weight is 428 g/mol. The van der Waals surface area contributed by atoms with E-state index in [1.165, 1.54) is 4.90 Å². The number of esters is 1. The molecule has 1 amide bonds. The van der Waals surface area contributed by atoms with E-state index in [4.69, 9.17) is 9.84 Å². The van der Waals surface area contributed by atoms with Crippen molar-refractivity contribution < 1.29 is 24.2 Å². The molecule has 0 radical (unpaired) electrons. The van der Waals surface area contributed by atoms with Gasteiger partial charge >= 0.3 is 5.97 Å². The average Bonchev–Trinajstić information content (AvgIpc) is 3.11. The Balaban J connectivity index is 1.95. The van der Waals surface area contributed by atoms with E-state index >= 15 is 0 Å². The van der Waals surface area contributed by atoms with Crippen molar-refractivity contribution >= 4 is 17.7 Å². The number of carbonyl (C=O) groups excluding carboxylic acids is 3. The van der Waals surface area contributed by atoms with Gasteiger partial charge in [0.25, 0.3) is 11.7 Å². The minimum Gasteiger partial charge on any atom is -0.462 e. The number of nitrogens with zero attached hydrogens (tertiary/aromatic N) is 2. The maximum Gasteiger partial charge on any atom is 0.340 e. The minimum absolute atomic E-state index is 0.0607. The third kappa shape index (κ3) is 4.86. The second-order valence-electron chi connectivity index (χ2n) is 7.65. The molecule has 166 valence electrons. The van der Waals surface area contributed by atoms with Gasteiger partial charge in [-0.25, -0.2) is 4.79 Å². The summed E-state index contributed by atoms with van der Waals surface area (Å²) < 4.78 is 5.21. The van der Waals surface area contributed by atoms with Gasteiger partial charge in [0.15, 0.2) is 0 Å². The fraction of sp³-hybridized carbons (Fsp3) is 0.435. The molecule has 2 heterocycles. The Kier molecular flexibility index (Phi) is 7.25. The Morgan fingerprint density at radius 2 is 1.71 bits per heavy atom. The summed E-state index contributed by atoms with van der Waals surface area (Å²) in [6.07, 6.45) is 0. The summed E-state index contributed by atoms with van der Waals surface area (Å²) in [5.74, 6) is -1.81. The van der Waals surface area contributed by atoms with Crippen LogP contribution in [0.1, 0.15) is 39.0 Å². The normalized spacial score (nSPS) is 14.5. The first-order valence-corrected chi connectivity index (χ1v) is 10.5. The van der Waals surface area contributed by atoms with E-state index in [2.05, 4.69) is 4.98 Å². The van der Waals surface area contributed by atoms with Crippen LogP contribution >= 0.6 is 0 Å². The lowest BCUT2D eigenvalue weighted by Crippen LogP contribution is -2.51. The van der Waals surface area contributed by atoms with Crippen molar-refractivity contribution in [3.8, 4) is 11.1 Å². The zero-order valence-corrected chi connectivity index (χ0v) is 18.2. The number of carbonyl (C=O) groups is 3. The fourth-order valence-corrected chi connectivity index (χ4v) is 3.83.